The van der Waals surface area contributed by atoms with E-state index in [4.69, 9.17) is 9.47 Å². The van der Waals surface area contributed by atoms with Gasteiger partial charge in [0.15, 0.2) is 17.5 Å². The maximum atomic E-state index is 12.7. The van der Waals surface area contributed by atoms with Crippen molar-refractivity contribution >= 4 is 41.3 Å². The van der Waals surface area contributed by atoms with Crippen molar-refractivity contribution < 1.29 is 23.0 Å². The van der Waals surface area contributed by atoms with Gasteiger partial charge >= 0.3 is 6.61 Å². The molecule has 0 amide bonds. The molecule has 154 valence electrons. The fraction of sp³-hybridized carbons (Fsp3) is 0.389. The molecule has 0 radical (unpaired) electrons. The minimum Gasteiger partial charge on any atom is -0.454 e. The molecular formula is C18H22F2IN3O3S. The van der Waals surface area contributed by atoms with Crippen LogP contribution in [0.2, 0.25) is 0 Å². The first-order valence-electron chi connectivity index (χ1n) is 8.57. The predicted octanol–water partition coefficient (Wildman–Crippen LogP) is 3.99. The van der Waals surface area contributed by atoms with Gasteiger partial charge in [0.2, 0.25) is 6.79 Å². The fourth-order valence-electron chi connectivity index (χ4n) is 2.56. The third-order valence-corrected chi connectivity index (χ3v) is 4.70. The van der Waals surface area contributed by atoms with E-state index in [2.05, 4.69) is 26.4 Å². The number of nitrogens with one attached hydrogen (secondary N) is 2. The fourth-order valence-corrected chi connectivity index (χ4v) is 3.27. The number of hydrogen-bond donors (Lipinski definition) is 2. The monoisotopic (exact) mass is 525 g/mol. The molecule has 0 saturated heterocycles. The summed E-state index contributed by atoms with van der Waals surface area (Å²) in [5.74, 6) is 1.53. The quantitative estimate of drug-likeness (QED) is 0.310. The highest BCUT2D eigenvalue weighted by Gasteiger charge is 2.20. The van der Waals surface area contributed by atoms with Gasteiger partial charge in [-0.25, -0.2) is 4.99 Å². The molecule has 1 aromatic carbocycles. The number of guanidine groups is 1. The van der Waals surface area contributed by atoms with Crippen LogP contribution >= 0.6 is 35.3 Å². The molecule has 0 bridgehead atoms. The van der Waals surface area contributed by atoms with Gasteiger partial charge in [0.25, 0.3) is 0 Å². The normalized spacial score (nSPS) is 12.6. The Labute approximate surface area is 183 Å². The number of aliphatic imine (C=N–C) groups is 1. The number of alkyl halides is 2. The first-order chi connectivity index (χ1) is 13.2. The molecule has 2 heterocycles. The van der Waals surface area contributed by atoms with Crippen molar-refractivity contribution in [3.8, 4) is 17.2 Å². The molecule has 1 aliphatic heterocycles. The van der Waals surface area contributed by atoms with Crippen LogP contribution in [0.5, 0.6) is 17.2 Å². The molecule has 0 unspecified atom stereocenters. The van der Waals surface area contributed by atoms with Crippen LogP contribution in [0.4, 0.5) is 8.78 Å². The van der Waals surface area contributed by atoms with Crippen LogP contribution in [0.25, 0.3) is 0 Å². The Bertz CT molecular complexity index is 776. The summed E-state index contributed by atoms with van der Waals surface area (Å²) in [6, 6.07) is 7.13. The zero-order chi connectivity index (χ0) is 19.1. The third-order valence-electron chi connectivity index (χ3n) is 3.77. The van der Waals surface area contributed by atoms with Crippen molar-refractivity contribution in [2.75, 3.05) is 19.9 Å². The Morgan fingerprint density at radius 1 is 1.29 bits per heavy atom. The summed E-state index contributed by atoms with van der Waals surface area (Å²) in [4.78, 5) is 5.75. The largest absolute Gasteiger partial charge is 0.454 e. The van der Waals surface area contributed by atoms with Crippen molar-refractivity contribution in [3.05, 3.63) is 40.1 Å². The van der Waals surface area contributed by atoms with E-state index < -0.39 is 6.61 Å². The molecule has 0 aliphatic carbocycles. The summed E-state index contributed by atoms with van der Waals surface area (Å²) >= 11 is 1.70. The molecule has 28 heavy (non-hydrogen) atoms. The molecule has 0 fully saturated rings. The molecule has 3 rings (SSSR count). The van der Waals surface area contributed by atoms with E-state index in [1.54, 1.807) is 17.4 Å². The van der Waals surface area contributed by atoms with Gasteiger partial charge in [0.1, 0.15) is 5.75 Å². The topological polar surface area (TPSA) is 64.1 Å². The smallest absolute Gasteiger partial charge is 0.387 e. The van der Waals surface area contributed by atoms with E-state index in [-0.39, 0.29) is 43.1 Å². The Kier molecular flexibility index (Phi) is 9.03. The summed E-state index contributed by atoms with van der Waals surface area (Å²) in [7, 11) is 0. The lowest BCUT2D eigenvalue weighted by atomic mass is 10.1. The lowest BCUT2D eigenvalue weighted by molar-refractivity contribution is -0.0505. The second-order valence-electron chi connectivity index (χ2n) is 5.64. The van der Waals surface area contributed by atoms with Gasteiger partial charge in [-0.15, -0.1) is 35.3 Å². The average Bonchev–Trinajstić information content (AvgIpc) is 3.30. The van der Waals surface area contributed by atoms with Gasteiger partial charge in [-0.2, -0.15) is 8.78 Å². The minimum absolute atomic E-state index is 0. The van der Waals surface area contributed by atoms with Gasteiger partial charge in [-0.05, 0) is 30.9 Å². The molecule has 2 N–H and O–H groups in total. The van der Waals surface area contributed by atoms with Crippen molar-refractivity contribution in [1.29, 1.82) is 0 Å². The molecular weight excluding hydrogens is 503 g/mol. The van der Waals surface area contributed by atoms with E-state index >= 15 is 0 Å². The zero-order valence-corrected chi connectivity index (χ0v) is 18.4. The van der Waals surface area contributed by atoms with Crippen LogP contribution in [0.15, 0.2) is 34.6 Å². The molecule has 0 atom stereocenters. The molecule has 10 heteroatoms. The van der Waals surface area contributed by atoms with Crippen LogP contribution in [0.3, 0.4) is 0 Å². The van der Waals surface area contributed by atoms with Crippen molar-refractivity contribution in [1.82, 2.24) is 10.6 Å². The van der Waals surface area contributed by atoms with Gasteiger partial charge in [-0.3, -0.25) is 0 Å². The molecule has 1 aliphatic rings. The van der Waals surface area contributed by atoms with Gasteiger partial charge in [-0.1, -0.05) is 6.07 Å². The van der Waals surface area contributed by atoms with E-state index in [0.29, 0.717) is 36.1 Å². The second-order valence-corrected chi connectivity index (χ2v) is 6.68. The summed E-state index contributed by atoms with van der Waals surface area (Å²) in [6.07, 6.45) is 0.881. The Balaban J connectivity index is 0.00000280. The number of thiophene rings is 1. The zero-order valence-electron chi connectivity index (χ0n) is 15.2. The van der Waals surface area contributed by atoms with Crippen LogP contribution in [0.1, 0.15) is 17.4 Å². The van der Waals surface area contributed by atoms with Gasteiger partial charge < -0.3 is 24.8 Å². The van der Waals surface area contributed by atoms with Crippen molar-refractivity contribution in [2.45, 2.75) is 26.5 Å². The molecule has 2 aromatic rings. The highest BCUT2D eigenvalue weighted by atomic mass is 127. The van der Waals surface area contributed by atoms with E-state index in [1.165, 1.54) is 10.9 Å². The Morgan fingerprint density at radius 3 is 2.75 bits per heavy atom. The van der Waals surface area contributed by atoms with Crippen LogP contribution in [-0.4, -0.2) is 32.5 Å². The number of benzene rings is 1. The number of ether oxygens (including phenoxy) is 3. The summed E-state index contributed by atoms with van der Waals surface area (Å²) in [6.45, 7) is 0.656. The highest BCUT2D eigenvalue weighted by Crippen LogP contribution is 2.39. The standard InChI is InChI=1S/C18H21F2N3O3S.HI/c1-2-21-18(22-6-5-13-4-3-7-27-13)23-10-12-8-15-16(25-11-24-15)9-14(12)26-17(19)20;/h3-4,7-9,17H,2,5-6,10-11H2,1H3,(H2,21,22,23);1H. The van der Waals surface area contributed by atoms with Crippen LogP contribution in [0, 0.1) is 0 Å². The average molecular weight is 525 g/mol. The Hall–Kier alpha value is -1.82. The number of fused-ring (bicyclic) bond motifs is 1. The second kappa shape index (κ2) is 11.2. The summed E-state index contributed by atoms with van der Waals surface area (Å²) in [5, 5.41) is 8.43. The maximum absolute atomic E-state index is 12.7. The van der Waals surface area contributed by atoms with Crippen molar-refractivity contribution in [3.63, 3.8) is 0 Å². The lowest BCUT2D eigenvalue weighted by Crippen LogP contribution is -2.38. The highest BCUT2D eigenvalue weighted by molar-refractivity contribution is 14.0. The molecule has 0 spiro atoms. The molecule has 6 nitrogen and oxygen atoms in total. The third kappa shape index (κ3) is 6.36. The minimum atomic E-state index is -2.93. The molecule has 0 saturated carbocycles. The predicted molar refractivity (Wildman–Crippen MR) is 115 cm³/mol. The van der Waals surface area contributed by atoms with E-state index in [0.717, 1.165) is 6.42 Å². The lowest BCUT2D eigenvalue weighted by Gasteiger charge is -2.13. The van der Waals surface area contributed by atoms with Crippen LogP contribution < -0.4 is 24.8 Å². The first-order valence-corrected chi connectivity index (χ1v) is 9.45. The van der Waals surface area contributed by atoms with Gasteiger partial charge in [0, 0.05) is 29.6 Å². The first kappa shape index (κ1) is 22.5. The summed E-state index contributed by atoms with van der Waals surface area (Å²) in [5.41, 5.74) is 0.495. The van der Waals surface area contributed by atoms with Crippen LogP contribution in [-0.2, 0) is 13.0 Å². The SMILES string of the molecule is CCNC(=NCc1cc2c(cc1OC(F)F)OCO2)NCCc1cccs1.I. The van der Waals surface area contributed by atoms with Gasteiger partial charge in [0.05, 0.1) is 6.54 Å². The summed E-state index contributed by atoms with van der Waals surface area (Å²) < 4.78 is 40.6. The maximum Gasteiger partial charge on any atom is 0.387 e. The Morgan fingerprint density at radius 2 is 2.07 bits per heavy atom. The van der Waals surface area contributed by atoms with E-state index in [1.807, 2.05) is 18.4 Å². The number of halogens is 3. The van der Waals surface area contributed by atoms with E-state index in [9.17, 15) is 8.78 Å². The van der Waals surface area contributed by atoms with Crippen molar-refractivity contribution in [2.24, 2.45) is 4.99 Å². The number of rotatable bonds is 8. The number of nitrogens with zero attached hydrogens (tertiary/aromatic N) is 1. The molecule has 1 aromatic heterocycles. The number of hydrogen-bond acceptors (Lipinski definition) is 5.